The summed E-state index contributed by atoms with van der Waals surface area (Å²) < 4.78 is 1.95. The van der Waals surface area contributed by atoms with Gasteiger partial charge in [0.1, 0.15) is 0 Å². The predicted octanol–water partition coefficient (Wildman–Crippen LogP) is 2.86. The van der Waals surface area contributed by atoms with Gasteiger partial charge in [0.15, 0.2) is 0 Å². The molecule has 26 heavy (non-hydrogen) atoms. The lowest BCUT2D eigenvalue weighted by Crippen LogP contribution is -2.43. The highest BCUT2D eigenvalue weighted by atomic mass is 32.1. The van der Waals surface area contributed by atoms with Gasteiger partial charge in [-0.3, -0.25) is 9.36 Å². The first-order chi connectivity index (χ1) is 12.8. The Morgan fingerprint density at radius 2 is 1.88 bits per heavy atom. The third-order valence-corrected chi connectivity index (χ3v) is 5.60. The van der Waals surface area contributed by atoms with Crippen LogP contribution in [0.1, 0.15) is 18.4 Å². The maximum atomic E-state index is 12.6. The van der Waals surface area contributed by atoms with Crippen molar-refractivity contribution in [2.45, 2.75) is 19.4 Å². The van der Waals surface area contributed by atoms with E-state index < -0.39 is 0 Å². The number of nitrogens with zero attached hydrogens (tertiary/aromatic N) is 4. The van der Waals surface area contributed by atoms with E-state index in [-0.39, 0.29) is 11.8 Å². The second-order valence-electron chi connectivity index (χ2n) is 6.45. The average molecular weight is 367 g/mol. The van der Waals surface area contributed by atoms with Crippen molar-refractivity contribution in [1.29, 1.82) is 0 Å². The molecule has 0 spiro atoms. The summed E-state index contributed by atoms with van der Waals surface area (Å²) in [5, 5.41) is 13.4. The molecule has 134 valence electrons. The maximum Gasteiger partial charge on any atom is 0.225 e. The van der Waals surface area contributed by atoms with Crippen LogP contribution < -0.4 is 10.2 Å². The van der Waals surface area contributed by atoms with Crippen LogP contribution in [0.15, 0.2) is 54.9 Å². The number of hydrogen-bond acceptors (Lipinski definition) is 5. The van der Waals surface area contributed by atoms with Crippen LogP contribution in [-0.4, -0.2) is 33.8 Å². The van der Waals surface area contributed by atoms with Crippen molar-refractivity contribution in [2.75, 3.05) is 18.0 Å². The van der Waals surface area contributed by atoms with Crippen LogP contribution in [0.4, 0.5) is 5.13 Å². The number of amides is 1. The van der Waals surface area contributed by atoms with E-state index in [0.29, 0.717) is 13.1 Å². The van der Waals surface area contributed by atoms with E-state index in [2.05, 4.69) is 20.4 Å². The van der Waals surface area contributed by atoms with E-state index in [4.69, 9.17) is 0 Å². The molecule has 0 bridgehead atoms. The molecule has 3 aromatic rings. The normalized spacial score (nSPS) is 17.2. The maximum absolute atomic E-state index is 12.6. The SMILES string of the molecule is O=C(NCc1ccccc1)[C@@H]1CCCN(c2nnc(-n3cccc3)s2)C1. The first-order valence-electron chi connectivity index (χ1n) is 8.83. The topological polar surface area (TPSA) is 63.1 Å². The van der Waals surface area contributed by atoms with Gasteiger partial charge in [-0.05, 0) is 30.5 Å². The zero-order valence-electron chi connectivity index (χ0n) is 14.4. The fourth-order valence-electron chi connectivity index (χ4n) is 3.20. The van der Waals surface area contributed by atoms with Gasteiger partial charge in [0.2, 0.25) is 16.2 Å². The summed E-state index contributed by atoms with van der Waals surface area (Å²) in [7, 11) is 0. The molecule has 0 aliphatic carbocycles. The molecule has 0 radical (unpaired) electrons. The van der Waals surface area contributed by atoms with E-state index in [0.717, 1.165) is 35.2 Å². The molecule has 7 heteroatoms. The molecule has 1 saturated heterocycles. The Bertz CT molecular complexity index is 846. The molecule has 1 amide bonds. The minimum absolute atomic E-state index is 0.00797. The molecule has 1 N–H and O–H groups in total. The van der Waals surface area contributed by atoms with Crippen molar-refractivity contribution < 1.29 is 4.79 Å². The summed E-state index contributed by atoms with van der Waals surface area (Å²) in [6.07, 6.45) is 5.82. The van der Waals surface area contributed by atoms with Crippen molar-refractivity contribution in [1.82, 2.24) is 20.1 Å². The standard InChI is InChI=1S/C19H21N5OS/c25-17(20-13-15-7-2-1-3-8-15)16-9-6-12-24(14-16)19-22-21-18(26-19)23-10-4-5-11-23/h1-5,7-8,10-11,16H,6,9,12-14H2,(H,20,25)/t16-/m1/s1. The second-order valence-corrected chi connectivity index (χ2v) is 7.38. The fourth-order valence-corrected chi connectivity index (χ4v) is 4.05. The van der Waals surface area contributed by atoms with Crippen LogP contribution >= 0.6 is 11.3 Å². The summed E-state index contributed by atoms with van der Waals surface area (Å²) in [5.41, 5.74) is 1.12. The molecule has 1 atom stereocenters. The van der Waals surface area contributed by atoms with E-state index in [1.54, 1.807) is 11.3 Å². The zero-order chi connectivity index (χ0) is 17.8. The first kappa shape index (κ1) is 16.8. The number of carbonyl (C=O) groups is 1. The van der Waals surface area contributed by atoms with Gasteiger partial charge >= 0.3 is 0 Å². The van der Waals surface area contributed by atoms with Gasteiger partial charge < -0.3 is 10.2 Å². The van der Waals surface area contributed by atoms with Gasteiger partial charge in [-0.1, -0.05) is 41.7 Å². The highest BCUT2D eigenvalue weighted by molar-refractivity contribution is 7.17. The second kappa shape index (κ2) is 7.70. The van der Waals surface area contributed by atoms with Gasteiger partial charge in [0, 0.05) is 32.0 Å². The van der Waals surface area contributed by atoms with E-state index >= 15 is 0 Å². The Morgan fingerprint density at radius 3 is 2.69 bits per heavy atom. The van der Waals surface area contributed by atoms with Crippen molar-refractivity contribution in [3.63, 3.8) is 0 Å². The Hall–Kier alpha value is -2.67. The minimum Gasteiger partial charge on any atom is -0.352 e. The molecule has 1 aliphatic heterocycles. The number of anilines is 1. The molecule has 2 aromatic heterocycles. The molecule has 1 aromatic carbocycles. The summed E-state index contributed by atoms with van der Waals surface area (Å²) in [6, 6.07) is 13.9. The van der Waals surface area contributed by atoms with Gasteiger partial charge in [-0.15, -0.1) is 10.2 Å². The smallest absolute Gasteiger partial charge is 0.225 e. The summed E-state index contributed by atoms with van der Waals surface area (Å²) >= 11 is 1.56. The largest absolute Gasteiger partial charge is 0.352 e. The van der Waals surface area contributed by atoms with Gasteiger partial charge in [0.05, 0.1) is 5.92 Å². The number of carbonyl (C=O) groups excluding carboxylic acids is 1. The van der Waals surface area contributed by atoms with Gasteiger partial charge in [-0.25, -0.2) is 0 Å². The Kier molecular flexibility index (Phi) is 4.97. The summed E-state index contributed by atoms with van der Waals surface area (Å²) in [5.74, 6) is 0.111. The first-order valence-corrected chi connectivity index (χ1v) is 9.65. The van der Waals surface area contributed by atoms with E-state index in [9.17, 15) is 4.79 Å². The predicted molar refractivity (Wildman–Crippen MR) is 102 cm³/mol. The van der Waals surface area contributed by atoms with Crippen molar-refractivity contribution in [3.05, 3.63) is 60.4 Å². The average Bonchev–Trinajstić information content (AvgIpc) is 3.38. The lowest BCUT2D eigenvalue weighted by molar-refractivity contribution is -0.125. The van der Waals surface area contributed by atoms with Crippen LogP contribution in [0, 0.1) is 5.92 Å². The van der Waals surface area contributed by atoms with Crippen LogP contribution in [0.25, 0.3) is 5.13 Å². The molecule has 0 unspecified atom stereocenters. The lowest BCUT2D eigenvalue weighted by Gasteiger charge is -2.31. The van der Waals surface area contributed by atoms with Crippen molar-refractivity contribution in [2.24, 2.45) is 5.92 Å². The zero-order valence-corrected chi connectivity index (χ0v) is 15.2. The number of rotatable bonds is 5. The van der Waals surface area contributed by atoms with E-state index in [1.807, 2.05) is 59.4 Å². The molecule has 1 aliphatic rings. The molecular weight excluding hydrogens is 346 g/mol. The monoisotopic (exact) mass is 367 g/mol. The quantitative estimate of drug-likeness (QED) is 0.753. The fraction of sp³-hybridized carbons (Fsp3) is 0.316. The molecule has 4 rings (SSSR count). The van der Waals surface area contributed by atoms with Crippen molar-refractivity contribution in [3.8, 4) is 5.13 Å². The van der Waals surface area contributed by atoms with E-state index in [1.165, 1.54) is 0 Å². The third kappa shape index (κ3) is 3.77. The number of piperidine rings is 1. The summed E-state index contributed by atoms with van der Waals surface area (Å²) in [6.45, 7) is 2.19. The molecule has 3 heterocycles. The highest BCUT2D eigenvalue weighted by Crippen LogP contribution is 2.27. The van der Waals surface area contributed by atoms with Crippen LogP contribution in [0.5, 0.6) is 0 Å². The highest BCUT2D eigenvalue weighted by Gasteiger charge is 2.27. The van der Waals surface area contributed by atoms with Crippen LogP contribution in [0.3, 0.4) is 0 Å². The van der Waals surface area contributed by atoms with Crippen LogP contribution in [0.2, 0.25) is 0 Å². The number of benzene rings is 1. The summed E-state index contributed by atoms with van der Waals surface area (Å²) in [4.78, 5) is 14.7. The molecule has 6 nitrogen and oxygen atoms in total. The van der Waals surface area contributed by atoms with Crippen molar-refractivity contribution >= 4 is 22.4 Å². The number of nitrogens with one attached hydrogen (secondary N) is 1. The molecule has 0 saturated carbocycles. The Morgan fingerprint density at radius 1 is 1.12 bits per heavy atom. The third-order valence-electron chi connectivity index (χ3n) is 4.60. The van der Waals surface area contributed by atoms with Gasteiger partial charge in [-0.2, -0.15) is 0 Å². The minimum atomic E-state index is -0.00797. The Balaban J connectivity index is 1.37. The molecule has 1 fully saturated rings. The van der Waals surface area contributed by atoms with Gasteiger partial charge in [0.25, 0.3) is 0 Å². The van der Waals surface area contributed by atoms with Crippen LogP contribution in [-0.2, 0) is 11.3 Å². The lowest BCUT2D eigenvalue weighted by atomic mass is 9.97. The number of hydrogen-bond donors (Lipinski definition) is 1. The Labute approximate surface area is 156 Å². The number of aromatic nitrogens is 3. The molecular formula is C19H21N5OS.